The number of nitrogens with zero attached hydrogens (tertiary/aromatic N) is 2. The van der Waals surface area contributed by atoms with E-state index in [1.54, 1.807) is 24.3 Å². The number of benzene rings is 2. The van der Waals surface area contributed by atoms with E-state index in [1.165, 1.54) is 22.7 Å². The maximum atomic E-state index is 13.3. The quantitative estimate of drug-likeness (QED) is 0.697. The van der Waals surface area contributed by atoms with Gasteiger partial charge in [-0.25, -0.2) is 8.42 Å². The van der Waals surface area contributed by atoms with E-state index >= 15 is 0 Å². The van der Waals surface area contributed by atoms with E-state index in [1.807, 2.05) is 23.1 Å². The van der Waals surface area contributed by atoms with Crippen LogP contribution in [0.2, 0.25) is 0 Å². The molecule has 0 unspecified atom stereocenters. The monoisotopic (exact) mass is 412 g/mol. The van der Waals surface area contributed by atoms with Crippen LogP contribution >= 0.6 is 0 Å². The van der Waals surface area contributed by atoms with Crippen LogP contribution in [-0.2, 0) is 23.0 Å². The molecule has 154 valence electrons. The number of hydrogen-bond donors (Lipinski definition) is 0. The summed E-state index contributed by atoms with van der Waals surface area (Å²) in [4.78, 5) is 15.1. The molecule has 2 aromatic rings. The Labute approximate surface area is 173 Å². The van der Waals surface area contributed by atoms with Crippen molar-refractivity contribution in [2.75, 3.05) is 19.6 Å². The summed E-state index contributed by atoms with van der Waals surface area (Å²) < 4.78 is 28.0. The number of carbonyl (C=O) groups excluding carboxylic acids is 1. The molecule has 1 saturated carbocycles. The van der Waals surface area contributed by atoms with E-state index in [9.17, 15) is 13.2 Å². The van der Waals surface area contributed by atoms with Crippen molar-refractivity contribution in [2.24, 2.45) is 5.92 Å². The minimum absolute atomic E-state index is 0.0696. The topological polar surface area (TPSA) is 57.7 Å². The minimum Gasteiger partial charge on any atom is -0.338 e. The SMILES string of the molecule is CCCN(CC1CC1)C(=O)c1cccc(S(=O)(=O)N2CCc3ccccc3C2)c1. The van der Waals surface area contributed by atoms with Crippen LogP contribution in [0.15, 0.2) is 53.4 Å². The summed E-state index contributed by atoms with van der Waals surface area (Å²) in [5, 5.41) is 0. The summed E-state index contributed by atoms with van der Waals surface area (Å²) in [5.41, 5.74) is 2.71. The molecule has 0 aromatic heterocycles. The highest BCUT2D eigenvalue weighted by molar-refractivity contribution is 7.89. The van der Waals surface area contributed by atoms with Gasteiger partial charge in [-0.1, -0.05) is 37.3 Å². The summed E-state index contributed by atoms with van der Waals surface area (Å²) in [6.45, 7) is 4.37. The first-order valence-corrected chi connectivity index (χ1v) is 11.9. The molecular weight excluding hydrogens is 384 g/mol. The van der Waals surface area contributed by atoms with Gasteiger partial charge in [-0.05, 0) is 60.9 Å². The molecule has 1 heterocycles. The van der Waals surface area contributed by atoms with Crippen LogP contribution in [0.5, 0.6) is 0 Å². The van der Waals surface area contributed by atoms with Gasteiger partial charge < -0.3 is 4.90 Å². The fraction of sp³-hybridized carbons (Fsp3) is 0.435. The van der Waals surface area contributed by atoms with E-state index in [4.69, 9.17) is 0 Å². The molecule has 0 saturated heterocycles. The normalized spacial score (nSPS) is 17.0. The molecule has 1 aliphatic carbocycles. The Bertz CT molecular complexity index is 999. The Morgan fingerprint density at radius 2 is 1.86 bits per heavy atom. The summed E-state index contributed by atoms with van der Waals surface area (Å²) >= 11 is 0. The molecule has 2 aliphatic rings. The Morgan fingerprint density at radius 1 is 1.10 bits per heavy atom. The molecule has 0 N–H and O–H groups in total. The van der Waals surface area contributed by atoms with Crippen molar-refractivity contribution in [1.82, 2.24) is 9.21 Å². The molecule has 0 spiro atoms. The van der Waals surface area contributed by atoms with Gasteiger partial charge in [0, 0.05) is 31.7 Å². The van der Waals surface area contributed by atoms with Crippen molar-refractivity contribution in [3.05, 3.63) is 65.2 Å². The van der Waals surface area contributed by atoms with Gasteiger partial charge in [-0.15, -0.1) is 0 Å². The van der Waals surface area contributed by atoms with Crippen molar-refractivity contribution in [1.29, 1.82) is 0 Å². The lowest BCUT2D eigenvalue weighted by Crippen LogP contribution is -2.36. The fourth-order valence-corrected chi connectivity index (χ4v) is 5.42. The molecule has 0 atom stereocenters. The van der Waals surface area contributed by atoms with Crippen LogP contribution < -0.4 is 0 Å². The molecule has 0 bridgehead atoms. The molecule has 1 amide bonds. The van der Waals surface area contributed by atoms with Gasteiger partial charge in [-0.2, -0.15) is 4.31 Å². The van der Waals surface area contributed by atoms with Crippen molar-refractivity contribution in [2.45, 2.75) is 44.0 Å². The third kappa shape index (κ3) is 4.38. The van der Waals surface area contributed by atoms with Crippen LogP contribution in [0.25, 0.3) is 0 Å². The van der Waals surface area contributed by atoms with E-state index in [0.717, 1.165) is 18.5 Å². The first-order valence-electron chi connectivity index (χ1n) is 10.5. The number of sulfonamides is 1. The Hall–Kier alpha value is -2.18. The molecule has 1 fully saturated rings. The minimum atomic E-state index is -3.65. The lowest BCUT2D eigenvalue weighted by Gasteiger charge is -2.28. The lowest BCUT2D eigenvalue weighted by molar-refractivity contribution is 0.0747. The van der Waals surface area contributed by atoms with Crippen LogP contribution in [0, 0.1) is 5.92 Å². The zero-order valence-corrected chi connectivity index (χ0v) is 17.7. The van der Waals surface area contributed by atoms with Gasteiger partial charge in [0.2, 0.25) is 10.0 Å². The lowest BCUT2D eigenvalue weighted by atomic mass is 10.0. The number of rotatable bonds is 7. The smallest absolute Gasteiger partial charge is 0.253 e. The Kier molecular flexibility index (Phi) is 5.74. The van der Waals surface area contributed by atoms with E-state index in [0.29, 0.717) is 37.5 Å². The van der Waals surface area contributed by atoms with Gasteiger partial charge >= 0.3 is 0 Å². The molecule has 4 rings (SSSR count). The summed E-state index contributed by atoms with van der Waals surface area (Å²) in [6, 6.07) is 14.5. The average molecular weight is 413 g/mol. The largest absolute Gasteiger partial charge is 0.338 e. The summed E-state index contributed by atoms with van der Waals surface area (Å²) in [5.74, 6) is 0.533. The number of amides is 1. The standard InChI is InChI=1S/C23H28N2O3S/c1-2-13-24(16-18-10-11-18)23(26)20-8-5-9-22(15-20)29(27,28)25-14-12-19-6-3-4-7-21(19)17-25/h3-9,15,18H,2,10-14,16-17H2,1H3. The van der Waals surface area contributed by atoms with E-state index in [2.05, 4.69) is 13.0 Å². The first kappa shape index (κ1) is 20.1. The highest BCUT2D eigenvalue weighted by atomic mass is 32.2. The van der Waals surface area contributed by atoms with Gasteiger partial charge in [-0.3, -0.25) is 4.79 Å². The van der Waals surface area contributed by atoms with E-state index < -0.39 is 10.0 Å². The van der Waals surface area contributed by atoms with Crippen molar-refractivity contribution in [3.63, 3.8) is 0 Å². The number of carbonyl (C=O) groups is 1. The molecule has 2 aromatic carbocycles. The highest BCUT2D eigenvalue weighted by Gasteiger charge is 2.30. The highest BCUT2D eigenvalue weighted by Crippen LogP contribution is 2.30. The van der Waals surface area contributed by atoms with Crippen molar-refractivity contribution in [3.8, 4) is 0 Å². The Morgan fingerprint density at radius 3 is 2.59 bits per heavy atom. The fourth-order valence-electron chi connectivity index (χ4n) is 3.95. The van der Waals surface area contributed by atoms with Gasteiger partial charge in [0.15, 0.2) is 0 Å². The van der Waals surface area contributed by atoms with Crippen LogP contribution in [0.1, 0.15) is 47.7 Å². The van der Waals surface area contributed by atoms with E-state index in [-0.39, 0.29) is 10.8 Å². The van der Waals surface area contributed by atoms with Crippen LogP contribution in [-0.4, -0.2) is 43.2 Å². The van der Waals surface area contributed by atoms with Crippen LogP contribution in [0.3, 0.4) is 0 Å². The summed E-state index contributed by atoms with van der Waals surface area (Å²) in [7, 11) is -3.65. The second-order valence-electron chi connectivity index (χ2n) is 8.08. The summed E-state index contributed by atoms with van der Waals surface area (Å²) in [6.07, 6.45) is 3.96. The van der Waals surface area contributed by atoms with Crippen molar-refractivity contribution >= 4 is 15.9 Å². The zero-order chi connectivity index (χ0) is 20.4. The Balaban J connectivity index is 1.56. The predicted octanol–water partition coefficient (Wildman–Crippen LogP) is 3.70. The number of hydrogen-bond acceptors (Lipinski definition) is 3. The van der Waals surface area contributed by atoms with Crippen molar-refractivity contribution < 1.29 is 13.2 Å². The second-order valence-corrected chi connectivity index (χ2v) is 10.0. The molecule has 0 radical (unpaired) electrons. The molecular formula is C23H28N2O3S. The zero-order valence-electron chi connectivity index (χ0n) is 16.9. The second kappa shape index (κ2) is 8.28. The number of fused-ring (bicyclic) bond motifs is 1. The first-order chi connectivity index (χ1) is 14.0. The average Bonchev–Trinajstić information content (AvgIpc) is 3.57. The third-order valence-electron chi connectivity index (χ3n) is 5.77. The van der Waals surface area contributed by atoms with Crippen LogP contribution in [0.4, 0.5) is 0 Å². The van der Waals surface area contributed by atoms with Gasteiger partial charge in [0.05, 0.1) is 4.90 Å². The van der Waals surface area contributed by atoms with Gasteiger partial charge in [0.25, 0.3) is 5.91 Å². The maximum Gasteiger partial charge on any atom is 0.253 e. The molecule has 1 aliphatic heterocycles. The maximum absolute atomic E-state index is 13.3. The third-order valence-corrected chi connectivity index (χ3v) is 7.61. The predicted molar refractivity (Wildman–Crippen MR) is 113 cm³/mol. The molecule has 5 nitrogen and oxygen atoms in total. The molecule has 6 heteroatoms. The van der Waals surface area contributed by atoms with Gasteiger partial charge in [0.1, 0.15) is 0 Å². The molecule has 29 heavy (non-hydrogen) atoms.